The van der Waals surface area contributed by atoms with Gasteiger partial charge in [0.05, 0.1) is 34.3 Å². The third kappa shape index (κ3) is 5.65. The first-order chi connectivity index (χ1) is 19.2. The van der Waals surface area contributed by atoms with E-state index in [9.17, 15) is 44.7 Å². The van der Waals surface area contributed by atoms with Gasteiger partial charge < -0.3 is 14.7 Å². The molecule has 1 N–H and O–H groups in total. The first kappa shape index (κ1) is 28.6. The molecule has 0 aromatic heterocycles. The summed E-state index contributed by atoms with van der Waals surface area (Å²) in [4.78, 5) is 12.9. The van der Waals surface area contributed by atoms with Crippen LogP contribution >= 0.6 is 0 Å². The molecule has 2 atom stereocenters. The summed E-state index contributed by atoms with van der Waals surface area (Å²) in [6, 6.07) is 10.0. The summed E-state index contributed by atoms with van der Waals surface area (Å²) in [7, 11) is -4.62. The number of anilines is 2. The van der Waals surface area contributed by atoms with Crippen LogP contribution in [0.25, 0.3) is 11.1 Å². The predicted molar refractivity (Wildman–Crippen MR) is 136 cm³/mol. The fraction of sp³-hybridized carbons (Fsp3) is 0.296. The Kier molecular flexibility index (Phi) is 7.30. The normalized spacial score (nSPS) is 19.1. The van der Waals surface area contributed by atoms with Crippen LogP contribution in [0.5, 0.6) is 5.75 Å². The second-order valence-corrected chi connectivity index (χ2v) is 11.6. The third-order valence-corrected chi connectivity index (χ3v) is 8.95. The summed E-state index contributed by atoms with van der Waals surface area (Å²) in [6.45, 7) is -3.20. The van der Waals surface area contributed by atoms with Gasteiger partial charge in [0, 0.05) is 18.7 Å². The summed E-state index contributed by atoms with van der Waals surface area (Å²) < 4.78 is 113. The largest absolute Gasteiger partial charge is 0.481 e. The lowest BCUT2D eigenvalue weighted by Gasteiger charge is -2.47. The van der Waals surface area contributed by atoms with Crippen LogP contribution in [0, 0.1) is 11.7 Å². The number of nitrogens with zero attached hydrogens (tertiary/aromatic N) is 2. The van der Waals surface area contributed by atoms with E-state index in [2.05, 4.69) is 4.74 Å². The van der Waals surface area contributed by atoms with E-state index in [1.165, 1.54) is 18.2 Å². The lowest BCUT2D eigenvalue weighted by Crippen LogP contribution is -2.55. The molecule has 0 radical (unpaired) electrons. The quantitative estimate of drug-likeness (QED) is 0.350. The van der Waals surface area contributed by atoms with Crippen molar-refractivity contribution in [2.75, 3.05) is 22.3 Å². The van der Waals surface area contributed by atoms with Crippen molar-refractivity contribution in [2.24, 2.45) is 5.92 Å². The van der Waals surface area contributed by atoms with Gasteiger partial charge in [-0.1, -0.05) is 12.1 Å². The van der Waals surface area contributed by atoms with E-state index in [1.807, 2.05) is 4.90 Å². The van der Waals surface area contributed by atoms with Crippen molar-refractivity contribution in [1.29, 1.82) is 0 Å². The Labute approximate surface area is 230 Å². The molecule has 0 aliphatic carbocycles. The molecule has 41 heavy (non-hydrogen) atoms. The van der Waals surface area contributed by atoms with Crippen LogP contribution in [0.4, 0.5) is 37.7 Å². The number of benzene rings is 3. The molecule has 0 bridgehead atoms. The number of carboxylic acids is 1. The molecule has 0 amide bonds. The fourth-order valence-electron chi connectivity index (χ4n) is 5.29. The Morgan fingerprint density at radius 1 is 1.00 bits per heavy atom. The van der Waals surface area contributed by atoms with Gasteiger partial charge in [0.2, 0.25) is 0 Å². The zero-order chi connectivity index (χ0) is 29.7. The summed E-state index contributed by atoms with van der Waals surface area (Å²) in [5.74, 6) is -3.13. The second kappa shape index (κ2) is 10.5. The Morgan fingerprint density at radius 3 is 2.44 bits per heavy atom. The van der Waals surface area contributed by atoms with E-state index >= 15 is 0 Å². The average molecular weight is 601 g/mol. The Morgan fingerprint density at radius 2 is 1.76 bits per heavy atom. The van der Waals surface area contributed by atoms with Gasteiger partial charge in [-0.2, -0.15) is 22.0 Å². The van der Waals surface area contributed by atoms with E-state index in [4.69, 9.17) is 0 Å². The number of piperidine rings is 1. The van der Waals surface area contributed by atoms with Gasteiger partial charge >= 0.3 is 18.8 Å². The molecule has 14 heteroatoms. The van der Waals surface area contributed by atoms with Crippen molar-refractivity contribution in [1.82, 2.24) is 0 Å². The van der Waals surface area contributed by atoms with Crippen molar-refractivity contribution in [2.45, 2.75) is 36.6 Å². The van der Waals surface area contributed by atoms with Crippen LogP contribution in [0.3, 0.4) is 0 Å². The van der Waals surface area contributed by atoms with Crippen molar-refractivity contribution in [3.05, 3.63) is 72.0 Å². The number of hydrogen-bond donors (Lipinski definition) is 1. The van der Waals surface area contributed by atoms with E-state index in [0.29, 0.717) is 11.8 Å². The number of halogens is 6. The van der Waals surface area contributed by atoms with Gasteiger partial charge in [0.15, 0.2) is 0 Å². The standard InChI is InChI=1S/C27H22F6N2O5S/c28-19-8-17(10-21(13-19)40-26(29)30)15-4-5-23-24(11-15)35(14-20-9-16(25(36)37)6-7-34(20)23)41(38,39)22-3-1-2-18(12-22)27(31,32)33/h1-5,8,10-13,16,20,26H,6-7,9,14H2,(H,36,37)/t16-,20+/m1/s1. The molecular weight excluding hydrogens is 578 g/mol. The van der Waals surface area contributed by atoms with Gasteiger partial charge in [-0.25, -0.2) is 12.8 Å². The number of carbonyl (C=O) groups is 1. The third-order valence-electron chi connectivity index (χ3n) is 7.17. The zero-order valence-electron chi connectivity index (χ0n) is 21.0. The molecule has 0 unspecified atom stereocenters. The SMILES string of the molecule is O=C(O)[C@@H]1CCN2c3ccc(-c4cc(F)cc(OC(F)F)c4)cc3N(S(=O)(=O)c3cccc(C(F)(F)F)c3)C[C@@H]2C1. The molecule has 5 rings (SSSR count). The van der Waals surface area contributed by atoms with Crippen LogP contribution < -0.4 is 13.9 Å². The highest BCUT2D eigenvalue weighted by Gasteiger charge is 2.42. The van der Waals surface area contributed by atoms with E-state index in [1.54, 1.807) is 0 Å². The Balaban J connectivity index is 1.64. The number of carboxylic acid groups (broad SMARTS) is 1. The zero-order valence-corrected chi connectivity index (χ0v) is 21.8. The molecule has 1 fully saturated rings. The molecule has 3 aromatic carbocycles. The maximum Gasteiger partial charge on any atom is 0.416 e. The van der Waals surface area contributed by atoms with Crippen molar-refractivity contribution in [3.63, 3.8) is 0 Å². The Bertz CT molecular complexity index is 1600. The minimum Gasteiger partial charge on any atom is -0.481 e. The molecule has 3 aromatic rings. The highest BCUT2D eigenvalue weighted by molar-refractivity contribution is 7.92. The van der Waals surface area contributed by atoms with Crippen LogP contribution in [-0.2, 0) is 21.0 Å². The molecular formula is C27H22F6N2O5S. The van der Waals surface area contributed by atoms with Gasteiger partial charge in [-0.3, -0.25) is 9.10 Å². The van der Waals surface area contributed by atoms with Gasteiger partial charge in [0.1, 0.15) is 11.6 Å². The molecule has 2 heterocycles. The highest BCUT2D eigenvalue weighted by atomic mass is 32.2. The summed E-state index contributed by atoms with van der Waals surface area (Å²) in [6.07, 6.45) is -4.42. The first-order valence-electron chi connectivity index (χ1n) is 12.3. The maximum absolute atomic E-state index is 14.3. The molecule has 0 saturated carbocycles. The number of rotatable bonds is 6. The van der Waals surface area contributed by atoms with Crippen molar-refractivity contribution < 1.29 is 49.4 Å². The number of sulfonamides is 1. The van der Waals surface area contributed by atoms with Crippen molar-refractivity contribution >= 4 is 27.4 Å². The predicted octanol–water partition coefficient (Wildman–Crippen LogP) is 5.99. The molecule has 2 aliphatic rings. The first-order valence-corrected chi connectivity index (χ1v) is 13.8. The summed E-state index contributed by atoms with van der Waals surface area (Å²) >= 11 is 0. The lowest BCUT2D eigenvalue weighted by atomic mass is 9.88. The monoisotopic (exact) mass is 600 g/mol. The smallest absolute Gasteiger partial charge is 0.416 e. The van der Waals surface area contributed by atoms with Crippen LogP contribution in [0.15, 0.2) is 65.6 Å². The number of fused-ring (bicyclic) bond motifs is 3. The molecule has 7 nitrogen and oxygen atoms in total. The van der Waals surface area contributed by atoms with E-state index in [-0.39, 0.29) is 42.7 Å². The topological polar surface area (TPSA) is 87.2 Å². The van der Waals surface area contributed by atoms with Crippen LogP contribution in [0.1, 0.15) is 18.4 Å². The molecule has 2 aliphatic heterocycles. The van der Waals surface area contributed by atoms with Gasteiger partial charge in [-0.05, 0) is 66.4 Å². The molecule has 218 valence electrons. The number of alkyl halides is 5. The minimum absolute atomic E-state index is 0.0607. The molecule has 1 saturated heterocycles. The highest BCUT2D eigenvalue weighted by Crippen LogP contribution is 2.45. The van der Waals surface area contributed by atoms with Crippen LogP contribution in [0.2, 0.25) is 0 Å². The Hall–Kier alpha value is -3.94. The number of hydrogen-bond acceptors (Lipinski definition) is 5. The average Bonchev–Trinajstić information content (AvgIpc) is 2.90. The second-order valence-electron chi connectivity index (χ2n) is 9.73. The maximum atomic E-state index is 14.3. The fourth-order valence-corrected chi connectivity index (χ4v) is 6.84. The van der Waals surface area contributed by atoms with Crippen LogP contribution in [-0.4, -0.2) is 45.2 Å². The van der Waals surface area contributed by atoms with Gasteiger partial charge in [0.25, 0.3) is 10.0 Å². The number of aliphatic carboxylic acids is 1. The van der Waals surface area contributed by atoms with E-state index in [0.717, 1.165) is 40.7 Å². The lowest BCUT2D eigenvalue weighted by molar-refractivity contribution is -0.142. The minimum atomic E-state index is -4.80. The van der Waals surface area contributed by atoms with Crippen molar-refractivity contribution in [3.8, 4) is 16.9 Å². The molecule has 0 spiro atoms. The van der Waals surface area contributed by atoms with Gasteiger partial charge in [-0.15, -0.1) is 0 Å². The summed E-state index contributed by atoms with van der Waals surface area (Å²) in [5.41, 5.74) is -0.409. The summed E-state index contributed by atoms with van der Waals surface area (Å²) in [5, 5.41) is 9.55. The number of ether oxygens (including phenoxy) is 1. The van der Waals surface area contributed by atoms with E-state index < -0.39 is 62.8 Å².